The average Bonchev–Trinajstić information content (AvgIpc) is 3.10. The Morgan fingerprint density at radius 1 is 0.620 bits per heavy atom. The fourth-order valence-electron chi connectivity index (χ4n) is 5.04. The Kier molecular flexibility index (Phi) is 37.0. The molecule has 3 N–H and O–H groups in total. The molecule has 0 aromatic heterocycles. The summed E-state index contributed by atoms with van der Waals surface area (Å²) in [6.45, 7) is 4.71. The molecule has 9 heteroatoms. The molecule has 290 valence electrons. The van der Waals surface area contributed by atoms with Crippen molar-refractivity contribution in [3.63, 3.8) is 0 Å². The van der Waals surface area contributed by atoms with Crippen LogP contribution in [0.25, 0.3) is 0 Å². The van der Waals surface area contributed by atoms with Gasteiger partial charge in [0, 0.05) is 19.6 Å². The fourth-order valence-corrected chi connectivity index (χ4v) is 5.80. The van der Waals surface area contributed by atoms with Crippen molar-refractivity contribution in [1.29, 1.82) is 0 Å². The van der Waals surface area contributed by atoms with E-state index in [0.29, 0.717) is 13.0 Å². The third kappa shape index (κ3) is 37.5. The maximum Gasteiger partial charge on any atom is 0.472 e. The Labute approximate surface area is 306 Å². The first kappa shape index (κ1) is 48.2. The number of phosphoric acid groups is 1. The first-order valence-corrected chi connectivity index (χ1v) is 21.3. The Hall–Kier alpha value is -1.80. The molecule has 0 aliphatic rings. The summed E-state index contributed by atoms with van der Waals surface area (Å²) < 4.78 is 33.3. The fraction of sp³-hybridized carbons (Fsp3) is 0.732. The van der Waals surface area contributed by atoms with Crippen molar-refractivity contribution in [3.05, 3.63) is 60.8 Å². The molecule has 2 atom stereocenters. The number of ether oxygens (including phenoxy) is 2. The number of unbranched alkanes of at least 4 members (excludes halogenated alkanes) is 14. The zero-order valence-electron chi connectivity index (χ0n) is 31.9. The molecule has 0 saturated carbocycles. The number of carbonyl (C=O) groups excluding carboxylic acids is 1. The zero-order valence-corrected chi connectivity index (χ0v) is 32.8. The van der Waals surface area contributed by atoms with Crippen LogP contribution in [0.5, 0.6) is 0 Å². The van der Waals surface area contributed by atoms with Crippen molar-refractivity contribution < 1.29 is 32.8 Å². The molecule has 8 nitrogen and oxygen atoms in total. The van der Waals surface area contributed by atoms with Crippen molar-refractivity contribution in [2.45, 2.75) is 161 Å². The second-order valence-electron chi connectivity index (χ2n) is 12.8. The van der Waals surface area contributed by atoms with Gasteiger partial charge in [0.1, 0.15) is 6.10 Å². The second kappa shape index (κ2) is 38.4. The predicted octanol–water partition coefficient (Wildman–Crippen LogP) is 11.4. The van der Waals surface area contributed by atoms with Crippen molar-refractivity contribution >= 4 is 13.8 Å². The minimum atomic E-state index is -4.29. The van der Waals surface area contributed by atoms with Gasteiger partial charge in [-0.05, 0) is 77.0 Å². The van der Waals surface area contributed by atoms with Gasteiger partial charge in [0.05, 0.1) is 19.8 Å². The van der Waals surface area contributed by atoms with E-state index >= 15 is 0 Å². The van der Waals surface area contributed by atoms with Gasteiger partial charge < -0.3 is 20.1 Å². The van der Waals surface area contributed by atoms with Gasteiger partial charge in [-0.3, -0.25) is 13.8 Å². The van der Waals surface area contributed by atoms with E-state index in [1.807, 2.05) is 0 Å². The third-order valence-electron chi connectivity index (χ3n) is 7.92. The number of phosphoric ester groups is 1. The van der Waals surface area contributed by atoms with Crippen LogP contribution in [0, 0.1) is 0 Å². The van der Waals surface area contributed by atoms with Gasteiger partial charge in [-0.25, -0.2) is 4.57 Å². The molecular formula is C41H74NO7P. The van der Waals surface area contributed by atoms with Crippen LogP contribution in [-0.2, 0) is 27.9 Å². The van der Waals surface area contributed by atoms with Gasteiger partial charge in [0.25, 0.3) is 0 Å². The number of rotatable bonds is 37. The van der Waals surface area contributed by atoms with Gasteiger partial charge in [-0.15, -0.1) is 0 Å². The largest absolute Gasteiger partial charge is 0.472 e. The highest BCUT2D eigenvalue weighted by molar-refractivity contribution is 7.47. The summed E-state index contributed by atoms with van der Waals surface area (Å²) in [6.07, 6.45) is 45.2. The number of esters is 1. The molecule has 0 heterocycles. The van der Waals surface area contributed by atoms with E-state index in [9.17, 15) is 14.3 Å². The summed E-state index contributed by atoms with van der Waals surface area (Å²) in [5.74, 6) is -0.375. The van der Waals surface area contributed by atoms with Crippen molar-refractivity contribution in [2.24, 2.45) is 5.73 Å². The lowest BCUT2D eigenvalue weighted by molar-refractivity contribution is -0.154. The standard InChI is InChI=1S/C41H74NO7P/c1-3-5-7-9-11-13-15-17-19-21-23-25-27-29-31-33-36-46-38-40(39-48-50(44,45)47-37-35-42)49-41(43)34-32-30-28-26-24-22-20-18-16-14-12-10-8-6-4-2/h6,8,12,14,17-20,24,26,40H,3-5,7,9-11,13,15-16,21-23,25,27-39,42H2,1-2H3,(H,44,45)/b8-6-,14-12-,19-17-,20-18-,26-24-. The molecule has 0 fully saturated rings. The normalized spacial score (nSPS) is 14.2. The minimum absolute atomic E-state index is 0.0900. The first-order valence-electron chi connectivity index (χ1n) is 19.8. The molecule has 50 heavy (non-hydrogen) atoms. The van der Waals surface area contributed by atoms with E-state index in [2.05, 4.69) is 74.6 Å². The molecular weight excluding hydrogens is 649 g/mol. The predicted molar refractivity (Wildman–Crippen MR) is 210 cm³/mol. The summed E-state index contributed by atoms with van der Waals surface area (Å²) in [4.78, 5) is 22.4. The zero-order chi connectivity index (χ0) is 36.6. The third-order valence-corrected chi connectivity index (χ3v) is 8.90. The van der Waals surface area contributed by atoms with Crippen LogP contribution in [0.3, 0.4) is 0 Å². The quantitative estimate of drug-likeness (QED) is 0.0281. The molecule has 0 aromatic rings. The topological polar surface area (TPSA) is 117 Å². The van der Waals surface area contributed by atoms with E-state index in [4.69, 9.17) is 24.3 Å². The highest BCUT2D eigenvalue weighted by Gasteiger charge is 2.25. The summed E-state index contributed by atoms with van der Waals surface area (Å²) in [6, 6.07) is 0. The molecule has 0 amide bonds. The monoisotopic (exact) mass is 724 g/mol. The molecule has 0 rings (SSSR count). The van der Waals surface area contributed by atoms with Crippen LogP contribution in [0.2, 0.25) is 0 Å². The summed E-state index contributed by atoms with van der Waals surface area (Å²) in [5.41, 5.74) is 5.35. The lowest BCUT2D eigenvalue weighted by Crippen LogP contribution is -2.28. The first-order chi connectivity index (χ1) is 24.4. The number of nitrogens with two attached hydrogens (primary N) is 1. The maximum absolute atomic E-state index is 12.5. The number of carbonyl (C=O) groups is 1. The second-order valence-corrected chi connectivity index (χ2v) is 14.2. The molecule has 0 bridgehead atoms. The highest BCUT2D eigenvalue weighted by Crippen LogP contribution is 2.43. The number of hydrogen-bond acceptors (Lipinski definition) is 7. The maximum atomic E-state index is 12.5. The van der Waals surface area contributed by atoms with E-state index in [-0.39, 0.29) is 38.8 Å². The summed E-state index contributed by atoms with van der Waals surface area (Å²) >= 11 is 0. The van der Waals surface area contributed by atoms with Crippen molar-refractivity contribution in [3.8, 4) is 0 Å². The molecule has 0 radical (unpaired) electrons. The lowest BCUT2D eigenvalue weighted by atomic mass is 10.1. The van der Waals surface area contributed by atoms with Gasteiger partial charge >= 0.3 is 13.8 Å². The minimum Gasteiger partial charge on any atom is -0.457 e. The average molecular weight is 724 g/mol. The molecule has 0 spiro atoms. The van der Waals surface area contributed by atoms with Gasteiger partial charge in [0.15, 0.2) is 0 Å². The number of hydrogen-bond donors (Lipinski definition) is 2. The Bertz CT molecular complexity index is 947. The van der Waals surface area contributed by atoms with Crippen LogP contribution < -0.4 is 5.73 Å². The van der Waals surface area contributed by atoms with Gasteiger partial charge in [-0.1, -0.05) is 132 Å². The smallest absolute Gasteiger partial charge is 0.457 e. The van der Waals surface area contributed by atoms with E-state index in [1.165, 1.54) is 77.0 Å². The molecule has 0 saturated heterocycles. The van der Waals surface area contributed by atoms with E-state index in [0.717, 1.165) is 51.4 Å². The van der Waals surface area contributed by atoms with Gasteiger partial charge in [-0.2, -0.15) is 0 Å². The Morgan fingerprint density at radius 3 is 1.70 bits per heavy atom. The Balaban J connectivity index is 4.17. The highest BCUT2D eigenvalue weighted by atomic mass is 31.2. The van der Waals surface area contributed by atoms with E-state index < -0.39 is 13.9 Å². The van der Waals surface area contributed by atoms with Crippen LogP contribution in [0.1, 0.15) is 155 Å². The van der Waals surface area contributed by atoms with Crippen molar-refractivity contribution in [1.82, 2.24) is 0 Å². The Morgan fingerprint density at radius 2 is 1.12 bits per heavy atom. The summed E-state index contributed by atoms with van der Waals surface area (Å²) in [5, 5.41) is 0. The van der Waals surface area contributed by atoms with E-state index in [1.54, 1.807) is 0 Å². The molecule has 2 unspecified atom stereocenters. The van der Waals surface area contributed by atoms with Crippen LogP contribution >= 0.6 is 7.82 Å². The number of allylic oxidation sites excluding steroid dienone is 10. The summed E-state index contributed by atoms with van der Waals surface area (Å²) in [7, 11) is -4.29. The van der Waals surface area contributed by atoms with Crippen molar-refractivity contribution in [2.75, 3.05) is 33.0 Å². The molecule has 0 aliphatic carbocycles. The van der Waals surface area contributed by atoms with Gasteiger partial charge in [0.2, 0.25) is 0 Å². The lowest BCUT2D eigenvalue weighted by Gasteiger charge is -2.20. The van der Waals surface area contributed by atoms with Crippen LogP contribution in [0.15, 0.2) is 60.8 Å². The molecule has 0 aliphatic heterocycles. The van der Waals surface area contributed by atoms with Crippen LogP contribution in [0.4, 0.5) is 0 Å². The molecule has 0 aromatic carbocycles. The van der Waals surface area contributed by atoms with Crippen LogP contribution in [-0.4, -0.2) is 49.9 Å². The SMILES string of the molecule is CC/C=C\C/C=C\C/C=C\C/C=C\CCCCC(=O)OC(COCCCCCCCC/C=C\CCCCCCCC)COP(=O)(O)OCCN.